The van der Waals surface area contributed by atoms with Gasteiger partial charge in [0.05, 0.1) is 24.0 Å². The van der Waals surface area contributed by atoms with Crippen LogP contribution in [0.15, 0.2) is 48.1 Å². The number of anilines is 1. The van der Waals surface area contributed by atoms with Crippen LogP contribution in [0.25, 0.3) is 27.6 Å². The van der Waals surface area contributed by atoms with Crippen molar-refractivity contribution in [2.45, 2.75) is 19.4 Å². The van der Waals surface area contributed by atoms with Crippen molar-refractivity contribution in [3.05, 3.63) is 53.9 Å². The number of nitrogens with one attached hydrogen (secondary N) is 1. The van der Waals surface area contributed by atoms with Crippen LogP contribution in [0.4, 0.5) is 10.3 Å². The zero-order valence-electron chi connectivity index (χ0n) is 14.6. The summed E-state index contributed by atoms with van der Waals surface area (Å²) in [6.07, 6.45) is 4.37. The maximum absolute atomic E-state index is 13.3. The van der Waals surface area contributed by atoms with Crippen molar-refractivity contribution in [1.29, 1.82) is 0 Å². The van der Waals surface area contributed by atoms with Crippen molar-refractivity contribution in [2.24, 2.45) is 0 Å². The largest absolute Gasteiger partial charge is 0.394 e. The average molecular weight is 383 g/mol. The molecule has 0 spiro atoms. The summed E-state index contributed by atoms with van der Waals surface area (Å²) in [6, 6.07) is 7.98. The number of thiazole rings is 1. The number of nitrogens with zero attached hydrogens (tertiary/aromatic N) is 4. The summed E-state index contributed by atoms with van der Waals surface area (Å²) in [4.78, 5) is 14.4. The van der Waals surface area contributed by atoms with E-state index < -0.39 is 0 Å². The minimum atomic E-state index is -0.288. The molecule has 0 saturated carbocycles. The van der Waals surface area contributed by atoms with E-state index in [1.165, 1.54) is 23.5 Å². The number of imidazole rings is 1. The molecule has 4 rings (SSSR count). The van der Waals surface area contributed by atoms with Gasteiger partial charge in [-0.2, -0.15) is 0 Å². The lowest BCUT2D eigenvalue weighted by Crippen LogP contribution is -2.23. The molecule has 0 aliphatic heterocycles. The van der Waals surface area contributed by atoms with Gasteiger partial charge in [0, 0.05) is 23.3 Å². The van der Waals surface area contributed by atoms with Gasteiger partial charge < -0.3 is 10.4 Å². The van der Waals surface area contributed by atoms with E-state index in [4.69, 9.17) is 4.98 Å². The third-order valence-corrected chi connectivity index (χ3v) is 5.08. The Morgan fingerprint density at radius 1 is 1.22 bits per heavy atom. The predicted molar refractivity (Wildman–Crippen MR) is 104 cm³/mol. The number of halogens is 1. The second-order valence-corrected chi connectivity index (χ2v) is 6.94. The monoisotopic (exact) mass is 383 g/mol. The fraction of sp³-hybridized carbons (Fsp3) is 0.211. The molecule has 0 unspecified atom stereocenters. The summed E-state index contributed by atoms with van der Waals surface area (Å²) in [5, 5.41) is 14.5. The average Bonchev–Trinajstić information content (AvgIpc) is 3.28. The lowest BCUT2D eigenvalue weighted by Gasteiger charge is -2.14. The first-order valence-corrected chi connectivity index (χ1v) is 9.50. The summed E-state index contributed by atoms with van der Waals surface area (Å²) in [7, 11) is 0. The highest BCUT2D eigenvalue weighted by Crippen LogP contribution is 2.33. The molecule has 0 radical (unpaired) electrons. The number of aromatic nitrogens is 4. The molecule has 1 aromatic carbocycles. The topological polar surface area (TPSA) is 75.3 Å². The van der Waals surface area contributed by atoms with E-state index in [1.807, 2.05) is 29.0 Å². The Bertz CT molecular complexity index is 1060. The van der Waals surface area contributed by atoms with Crippen LogP contribution in [0, 0.1) is 5.82 Å². The van der Waals surface area contributed by atoms with Gasteiger partial charge in [0.1, 0.15) is 11.5 Å². The van der Waals surface area contributed by atoms with E-state index in [1.54, 1.807) is 18.3 Å². The zero-order valence-corrected chi connectivity index (χ0v) is 15.4. The number of hydrogen-bond donors (Lipinski definition) is 2. The van der Waals surface area contributed by atoms with Crippen LogP contribution in [0.5, 0.6) is 0 Å². The fourth-order valence-corrected chi connectivity index (χ4v) is 3.57. The Hall–Kier alpha value is -2.84. The SMILES string of the molecule is CC[C@H](CO)Nc1nccc(-c2c(-c3ccc(F)cc3)nc3sccn23)n1. The first kappa shape index (κ1) is 17.6. The molecule has 2 N–H and O–H groups in total. The molecule has 3 heterocycles. The fourth-order valence-electron chi connectivity index (χ4n) is 2.86. The second-order valence-electron chi connectivity index (χ2n) is 6.07. The number of rotatable bonds is 6. The van der Waals surface area contributed by atoms with Crippen molar-refractivity contribution in [2.75, 3.05) is 11.9 Å². The van der Waals surface area contributed by atoms with Gasteiger partial charge in [-0.15, -0.1) is 11.3 Å². The van der Waals surface area contributed by atoms with Crippen LogP contribution >= 0.6 is 11.3 Å². The van der Waals surface area contributed by atoms with Crippen molar-refractivity contribution < 1.29 is 9.50 Å². The van der Waals surface area contributed by atoms with Crippen molar-refractivity contribution in [3.8, 4) is 22.6 Å². The van der Waals surface area contributed by atoms with E-state index in [2.05, 4.69) is 15.3 Å². The third kappa shape index (κ3) is 3.41. The normalized spacial score (nSPS) is 12.4. The van der Waals surface area contributed by atoms with Crippen molar-refractivity contribution in [3.63, 3.8) is 0 Å². The molecule has 0 aliphatic rings. The van der Waals surface area contributed by atoms with Gasteiger partial charge in [0.2, 0.25) is 5.95 Å². The molecule has 138 valence electrons. The van der Waals surface area contributed by atoms with E-state index in [0.717, 1.165) is 28.3 Å². The van der Waals surface area contributed by atoms with Crippen LogP contribution in [-0.4, -0.2) is 37.1 Å². The molecule has 27 heavy (non-hydrogen) atoms. The number of fused-ring (bicyclic) bond motifs is 1. The van der Waals surface area contributed by atoms with E-state index in [0.29, 0.717) is 11.6 Å². The first-order valence-electron chi connectivity index (χ1n) is 8.62. The number of aliphatic hydroxyl groups excluding tert-OH is 1. The van der Waals surface area contributed by atoms with Crippen LogP contribution in [-0.2, 0) is 0 Å². The minimum Gasteiger partial charge on any atom is -0.394 e. The van der Waals surface area contributed by atoms with Crippen molar-refractivity contribution >= 4 is 22.2 Å². The van der Waals surface area contributed by atoms with E-state index >= 15 is 0 Å². The second kappa shape index (κ2) is 7.42. The number of aliphatic hydroxyl groups is 1. The molecule has 0 amide bonds. The third-order valence-electron chi connectivity index (χ3n) is 4.32. The van der Waals surface area contributed by atoms with Gasteiger partial charge in [0.15, 0.2) is 4.96 Å². The molecule has 0 fully saturated rings. The van der Waals surface area contributed by atoms with Crippen LogP contribution in [0.1, 0.15) is 13.3 Å². The van der Waals surface area contributed by atoms with Gasteiger partial charge in [-0.25, -0.2) is 19.3 Å². The van der Waals surface area contributed by atoms with Gasteiger partial charge in [-0.3, -0.25) is 4.40 Å². The zero-order chi connectivity index (χ0) is 18.8. The maximum Gasteiger partial charge on any atom is 0.223 e. The molecule has 1 atom stereocenters. The molecule has 3 aromatic heterocycles. The Morgan fingerprint density at radius 2 is 2.04 bits per heavy atom. The van der Waals surface area contributed by atoms with Gasteiger partial charge in [-0.05, 0) is 36.8 Å². The minimum absolute atomic E-state index is 0.00632. The van der Waals surface area contributed by atoms with E-state index in [9.17, 15) is 9.50 Å². The summed E-state index contributed by atoms with van der Waals surface area (Å²) >= 11 is 1.52. The number of hydrogen-bond acceptors (Lipinski definition) is 6. The summed E-state index contributed by atoms with van der Waals surface area (Å²) in [5.74, 6) is 0.160. The Labute approximate surface area is 159 Å². The summed E-state index contributed by atoms with van der Waals surface area (Å²) in [5.41, 5.74) is 3.07. The summed E-state index contributed by atoms with van der Waals surface area (Å²) in [6.45, 7) is 1.99. The first-order chi connectivity index (χ1) is 13.2. The van der Waals surface area contributed by atoms with Gasteiger partial charge in [0.25, 0.3) is 0 Å². The molecular formula is C19H18FN5OS. The van der Waals surface area contributed by atoms with Gasteiger partial charge >= 0.3 is 0 Å². The van der Waals surface area contributed by atoms with E-state index in [-0.39, 0.29) is 18.5 Å². The van der Waals surface area contributed by atoms with Crippen LogP contribution in [0.2, 0.25) is 0 Å². The Balaban J connectivity index is 1.82. The maximum atomic E-state index is 13.3. The lowest BCUT2D eigenvalue weighted by molar-refractivity contribution is 0.271. The quantitative estimate of drug-likeness (QED) is 0.529. The smallest absolute Gasteiger partial charge is 0.223 e. The molecule has 6 nitrogen and oxygen atoms in total. The lowest BCUT2D eigenvalue weighted by atomic mass is 10.1. The highest BCUT2D eigenvalue weighted by Gasteiger charge is 2.19. The molecule has 0 saturated heterocycles. The molecule has 0 bridgehead atoms. The molecule has 4 aromatic rings. The van der Waals surface area contributed by atoms with Crippen LogP contribution < -0.4 is 5.32 Å². The Kier molecular flexibility index (Phi) is 4.83. The highest BCUT2D eigenvalue weighted by molar-refractivity contribution is 7.15. The summed E-state index contributed by atoms with van der Waals surface area (Å²) < 4.78 is 15.3. The number of benzene rings is 1. The predicted octanol–water partition coefficient (Wildman–Crippen LogP) is 3.84. The molecule has 8 heteroatoms. The van der Waals surface area contributed by atoms with Crippen LogP contribution in [0.3, 0.4) is 0 Å². The van der Waals surface area contributed by atoms with Gasteiger partial charge in [-0.1, -0.05) is 6.92 Å². The molecular weight excluding hydrogens is 365 g/mol. The van der Waals surface area contributed by atoms with Crippen molar-refractivity contribution in [1.82, 2.24) is 19.4 Å². The molecule has 0 aliphatic carbocycles. The Morgan fingerprint density at radius 3 is 2.78 bits per heavy atom. The standard InChI is InChI=1S/C19H18FN5OS/c1-2-14(11-26)22-18-21-8-7-15(23-18)17-16(12-3-5-13(20)6-4-12)24-19-25(17)9-10-27-19/h3-10,14,26H,2,11H2,1H3,(H,21,22,23)/t14-/m1/s1. The highest BCUT2D eigenvalue weighted by atomic mass is 32.1.